The average molecular weight is 350 g/mol. The zero-order chi connectivity index (χ0) is 17.6. The number of nitrogens with zero attached hydrogens (tertiary/aromatic N) is 3. The van der Waals surface area contributed by atoms with Crippen LogP contribution in [0.2, 0.25) is 0 Å². The highest BCUT2D eigenvalue weighted by molar-refractivity contribution is 5.79. The fraction of sp³-hybridized carbons (Fsp3) is 0.900. The smallest absolute Gasteiger partial charge is 0.225 e. The third-order valence-corrected chi connectivity index (χ3v) is 6.55. The van der Waals surface area contributed by atoms with E-state index in [0.717, 1.165) is 77.4 Å². The monoisotopic (exact) mass is 349 g/mol. The van der Waals surface area contributed by atoms with E-state index in [-0.39, 0.29) is 5.91 Å². The third kappa shape index (κ3) is 5.19. The SMILES string of the molecule is CC(=O)N1CCC(CCN2CCN(C(=O)C3CCCCC3)CC2)CC1. The van der Waals surface area contributed by atoms with Gasteiger partial charge in [0.2, 0.25) is 11.8 Å². The van der Waals surface area contributed by atoms with Gasteiger partial charge in [-0.3, -0.25) is 14.5 Å². The van der Waals surface area contributed by atoms with E-state index < -0.39 is 0 Å². The molecule has 2 saturated heterocycles. The maximum absolute atomic E-state index is 12.6. The lowest BCUT2D eigenvalue weighted by Gasteiger charge is -2.38. The van der Waals surface area contributed by atoms with E-state index in [9.17, 15) is 9.59 Å². The molecule has 2 amide bonds. The number of carbonyl (C=O) groups is 2. The summed E-state index contributed by atoms with van der Waals surface area (Å²) in [5, 5.41) is 0. The predicted molar refractivity (Wildman–Crippen MR) is 99.2 cm³/mol. The second-order valence-corrected chi connectivity index (χ2v) is 8.24. The molecular formula is C20H35N3O2. The van der Waals surface area contributed by atoms with Gasteiger partial charge >= 0.3 is 0 Å². The molecule has 0 aromatic carbocycles. The minimum absolute atomic E-state index is 0.220. The van der Waals surface area contributed by atoms with Crippen molar-refractivity contribution < 1.29 is 9.59 Å². The molecule has 3 rings (SSSR count). The van der Waals surface area contributed by atoms with Crippen molar-refractivity contribution in [3.63, 3.8) is 0 Å². The molecule has 5 heteroatoms. The first-order valence-electron chi connectivity index (χ1n) is 10.4. The van der Waals surface area contributed by atoms with Gasteiger partial charge in [-0.15, -0.1) is 0 Å². The molecule has 142 valence electrons. The summed E-state index contributed by atoms with van der Waals surface area (Å²) in [6.07, 6.45) is 9.54. The molecular weight excluding hydrogens is 314 g/mol. The van der Waals surface area contributed by atoms with Crippen LogP contribution in [0.25, 0.3) is 0 Å². The van der Waals surface area contributed by atoms with Crippen LogP contribution < -0.4 is 0 Å². The van der Waals surface area contributed by atoms with Gasteiger partial charge in [0, 0.05) is 52.1 Å². The molecule has 0 spiro atoms. The first-order valence-corrected chi connectivity index (χ1v) is 10.4. The predicted octanol–water partition coefficient (Wildman–Crippen LogP) is 2.36. The summed E-state index contributed by atoms with van der Waals surface area (Å²) in [7, 11) is 0. The quantitative estimate of drug-likeness (QED) is 0.783. The topological polar surface area (TPSA) is 43.9 Å². The van der Waals surface area contributed by atoms with E-state index in [1.54, 1.807) is 6.92 Å². The summed E-state index contributed by atoms with van der Waals surface area (Å²) in [5.41, 5.74) is 0. The molecule has 0 N–H and O–H groups in total. The average Bonchev–Trinajstić information content (AvgIpc) is 2.67. The number of piperidine rings is 1. The zero-order valence-electron chi connectivity index (χ0n) is 15.9. The van der Waals surface area contributed by atoms with Gasteiger partial charge in [-0.2, -0.15) is 0 Å². The second kappa shape index (κ2) is 9.02. The molecule has 1 saturated carbocycles. The number of amides is 2. The summed E-state index contributed by atoms with van der Waals surface area (Å²) in [5.74, 6) is 1.72. The van der Waals surface area contributed by atoms with E-state index in [1.165, 1.54) is 25.7 Å². The molecule has 3 aliphatic rings. The van der Waals surface area contributed by atoms with Gasteiger partial charge in [0.05, 0.1) is 0 Å². The fourth-order valence-corrected chi connectivity index (χ4v) is 4.70. The maximum atomic E-state index is 12.6. The van der Waals surface area contributed by atoms with Crippen LogP contribution in [-0.2, 0) is 9.59 Å². The minimum atomic E-state index is 0.220. The Bertz CT molecular complexity index is 446. The molecule has 3 fully saturated rings. The Morgan fingerprint density at radius 3 is 2.04 bits per heavy atom. The molecule has 0 aromatic heterocycles. The summed E-state index contributed by atoms with van der Waals surface area (Å²) in [6.45, 7) is 8.59. The molecule has 0 aromatic rings. The Morgan fingerprint density at radius 2 is 1.44 bits per heavy atom. The van der Waals surface area contributed by atoms with Crippen LogP contribution in [0, 0.1) is 11.8 Å². The van der Waals surface area contributed by atoms with Crippen molar-refractivity contribution in [2.45, 2.75) is 58.3 Å². The Labute approximate surface area is 152 Å². The van der Waals surface area contributed by atoms with Crippen molar-refractivity contribution >= 4 is 11.8 Å². The van der Waals surface area contributed by atoms with Gasteiger partial charge in [-0.05, 0) is 44.6 Å². The fourth-order valence-electron chi connectivity index (χ4n) is 4.70. The molecule has 25 heavy (non-hydrogen) atoms. The molecule has 0 unspecified atom stereocenters. The summed E-state index contributed by atoms with van der Waals surface area (Å²) < 4.78 is 0. The van der Waals surface area contributed by atoms with Crippen molar-refractivity contribution in [2.24, 2.45) is 11.8 Å². The Morgan fingerprint density at radius 1 is 0.800 bits per heavy atom. The Hall–Kier alpha value is -1.10. The zero-order valence-corrected chi connectivity index (χ0v) is 15.9. The van der Waals surface area contributed by atoms with Crippen LogP contribution in [-0.4, -0.2) is 72.3 Å². The number of rotatable bonds is 4. The molecule has 0 bridgehead atoms. The van der Waals surface area contributed by atoms with Crippen LogP contribution in [0.4, 0.5) is 0 Å². The largest absolute Gasteiger partial charge is 0.343 e. The second-order valence-electron chi connectivity index (χ2n) is 8.24. The molecule has 0 radical (unpaired) electrons. The van der Waals surface area contributed by atoms with Crippen LogP contribution in [0.5, 0.6) is 0 Å². The highest BCUT2D eigenvalue weighted by atomic mass is 16.2. The number of hydrogen-bond donors (Lipinski definition) is 0. The van der Waals surface area contributed by atoms with Gasteiger partial charge in [-0.25, -0.2) is 0 Å². The lowest BCUT2D eigenvalue weighted by Crippen LogP contribution is -2.50. The van der Waals surface area contributed by atoms with E-state index in [4.69, 9.17) is 0 Å². The number of hydrogen-bond acceptors (Lipinski definition) is 3. The number of carbonyl (C=O) groups excluding carboxylic acids is 2. The molecule has 0 atom stereocenters. The summed E-state index contributed by atoms with van der Waals surface area (Å²) in [6, 6.07) is 0. The maximum Gasteiger partial charge on any atom is 0.225 e. The first kappa shape index (κ1) is 18.7. The van der Waals surface area contributed by atoms with Crippen molar-refractivity contribution in [1.82, 2.24) is 14.7 Å². The van der Waals surface area contributed by atoms with Gasteiger partial charge < -0.3 is 9.80 Å². The van der Waals surface area contributed by atoms with Crippen molar-refractivity contribution in [3.05, 3.63) is 0 Å². The Kier molecular flexibility index (Phi) is 6.74. The van der Waals surface area contributed by atoms with Gasteiger partial charge in [-0.1, -0.05) is 19.3 Å². The van der Waals surface area contributed by atoms with Crippen LogP contribution in [0.3, 0.4) is 0 Å². The molecule has 5 nitrogen and oxygen atoms in total. The van der Waals surface area contributed by atoms with Crippen LogP contribution in [0.15, 0.2) is 0 Å². The van der Waals surface area contributed by atoms with Crippen molar-refractivity contribution in [1.29, 1.82) is 0 Å². The Balaban J connectivity index is 1.33. The van der Waals surface area contributed by atoms with Crippen LogP contribution >= 0.6 is 0 Å². The summed E-state index contributed by atoms with van der Waals surface area (Å²) in [4.78, 5) is 30.7. The standard InChI is InChI=1S/C20H35N3O2/c1-17(24)22-11-8-18(9-12-22)7-10-21-13-15-23(16-14-21)20(25)19-5-3-2-4-6-19/h18-19H,2-16H2,1H3. The van der Waals surface area contributed by atoms with E-state index in [2.05, 4.69) is 9.80 Å². The normalized spacial score (nSPS) is 24.5. The minimum Gasteiger partial charge on any atom is -0.343 e. The van der Waals surface area contributed by atoms with E-state index in [1.807, 2.05) is 4.90 Å². The van der Waals surface area contributed by atoms with E-state index in [0.29, 0.717) is 11.8 Å². The molecule has 2 aliphatic heterocycles. The van der Waals surface area contributed by atoms with Crippen molar-refractivity contribution in [3.8, 4) is 0 Å². The molecule has 2 heterocycles. The lowest BCUT2D eigenvalue weighted by molar-refractivity contribution is -0.138. The van der Waals surface area contributed by atoms with Crippen LogP contribution in [0.1, 0.15) is 58.3 Å². The van der Waals surface area contributed by atoms with Crippen molar-refractivity contribution in [2.75, 3.05) is 45.8 Å². The number of piperazine rings is 1. The van der Waals surface area contributed by atoms with E-state index >= 15 is 0 Å². The first-order chi connectivity index (χ1) is 12.1. The number of likely N-dealkylation sites (tertiary alicyclic amines) is 1. The third-order valence-electron chi connectivity index (χ3n) is 6.55. The van der Waals surface area contributed by atoms with Gasteiger partial charge in [0.15, 0.2) is 0 Å². The highest BCUT2D eigenvalue weighted by Gasteiger charge is 2.28. The van der Waals surface area contributed by atoms with Gasteiger partial charge in [0.1, 0.15) is 0 Å². The lowest BCUT2D eigenvalue weighted by atomic mass is 9.88. The van der Waals surface area contributed by atoms with Gasteiger partial charge in [0.25, 0.3) is 0 Å². The highest BCUT2D eigenvalue weighted by Crippen LogP contribution is 2.26. The summed E-state index contributed by atoms with van der Waals surface area (Å²) >= 11 is 0. The molecule has 1 aliphatic carbocycles.